The van der Waals surface area contributed by atoms with E-state index in [1.165, 1.54) is 11.0 Å². The number of nitrogens with one attached hydrogen (secondary N) is 1. The number of allylic oxidation sites excluding steroid dienone is 3. The number of carbonyl (C=O) groups is 2. The fraction of sp³-hybridized carbons (Fsp3) is 0.294. The number of benzene rings is 1. The highest BCUT2D eigenvalue weighted by Crippen LogP contribution is 2.19. The summed E-state index contributed by atoms with van der Waals surface area (Å²) >= 11 is 0. The maximum atomic E-state index is 12.0. The van der Waals surface area contributed by atoms with Crippen molar-refractivity contribution in [1.29, 1.82) is 0 Å². The highest BCUT2D eigenvalue weighted by Gasteiger charge is 2.12. The third-order valence-electron chi connectivity index (χ3n) is 3.04. The van der Waals surface area contributed by atoms with Crippen molar-refractivity contribution in [3.8, 4) is 0 Å². The second-order valence-electron chi connectivity index (χ2n) is 4.89. The summed E-state index contributed by atoms with van der Waals surface area (Å²) in [6.07, 6.45) is 6.69. The molecule has 0 bridgehead atoms. The van der Waals surface area contributed by atoms with E-state index in [0.717, 1.165) is 16.8 Å². The first-order valence-electron chi connectivity index (χ1n) is 6.86. The molecule has 0 aliphatic rings. The SMILES string of the molecule is C/C=C/C=C/C(=O)N(C)CC(=O)Nc1c(C)cccc1C. The fourth-order valence-corrected chi connectivity index (χ4v) is 1.86. The molecule has 2 amide bonds. The lowest BCUT2D eigenvalue weighted by molar-refractivity contribution is -0.129. The zero-order chi connectivity index (χ0) is 15.8. The molecule has 0 aliphatic carbocycles. The van der Waals surface area contributed by atoms with Crippen LogP contribution in [0.4, 0.5) is 5.69 Å². The molecule has 0 atom stereocenters. The van der Waals surface area contributed by atoms with E-state index in [9.17, 15) is 9.59 Å². The zero-order valence-corrected chi connectivity index (χ0v) is 13.0. The molecular formula is C17H22N2O2. The van der Waals surface area contributed by atoms with Gasteiger partial charge in [0.15, 0.2) is 0 Å². The minimum atomic E-state index is -0.206. The van der Waals surface area contributed by atoms with Crippen LogP contribution in [0, 0.1) is 13.8 Å². The molecule has 0 radical (unpaired) electrons. The number of aryl methyl sites for hydroxylation is 2. The van der Waals surface area contributed by atoms with E-state index >= 15 is 0 Å². The van der Waals surface area contributed by atoms with Gasteiger partial charge < -0.3 is 10.2 Å². The van der Waals surface area contributed by atoms with Crippen LogP contribution in [0.3, 0.4) is 0 Å². The number of carbonyl (C=O) groups excluding carboxylic acids is 2. The summed E-state index contributed by atoms with van der Waals surface area (Å²) in [7, 11) is 1.60. The molecule has 1 rings (SSSR count). The monoisotopic (exact) mass is 286 g/mol. The summed E-state index contributed by atoms with van der Waals surface area (Å²) in [5.74, 6) is -0.410. The Labute approximate surface area is 126 Å². The predicted octanol–water partition coefficient (Wildman–Crippen LogP) is 2.83. The Kier molecular flexibility index (Phi) is 6.40. The van der Waals surface area contributed by atoms with Crippen LogP contribution >= 0.6 is 0 Å². The number of hydrogen-bond donors (Lipinski definition) is 1. The molecule has 1 aromatic carbocycles. The molecule has 0 spiro atoms. The number of likely N-dealkylation sites (N-methyl/N-ethyl adjacent to an activating group) is 1. The van der Waals surface area contributed by atoms with Crippen LogP contribution < -0.4 is 5.32 Å². The Balaban J connectivity index is 2.63. The van der Waals surface area contributed by atoms with E-state index in [4.69, 9.17) is 0 Å². The first kappa shape index (κ1) is 16.7. The van der Waals surface area contributed by atoms with Gasteiger partial charge in [-0.05, 0) is 31.9 Å². The standard InChI is InChI=1S/C17H22N2O2/c1-5-6-7-11-16(21)19(4)12-15(20)18-17-13(2)9-8-10-14(17)3/h5-11H,12H2,1-4H3,(H,18,20)/b6-5+,11-7+. The molecule has 0 saturated heterocycles. The molecule has 0 saturated carbocycles. The summed E-state index contributed by atoms with van der Waals surface area (Å²) in [4.78, 5) is 25.2. The highest BCUT2D eigenvalue weighted by molar-refractivity contribution is 5.97. The van der Waals surface area contributed by atoms with Crippen molar-refractivity contribution in [3.63, 3.8) is 0 Å². The van der Waals surface area contributed by atoms with E-state index in [1.807, 2.05) is 45.0 Å². The normalized spacial score (nSPS) is 11.0. The summed E-state index contributed by atoms with van der Waals surface area (Å²) < 4.78 is 0. The molecular weight excluding hydrogens is 264 g/mol. The van der Waals surface area contributed by atoms with E-state index in [-0.39, 0.29) is 18.4 Å². The number of hydrogen-bond acceptors (Lipinski definition) is 2. The quantitative estimate of drug-likeness (QED) is 0.668. The smallest absolute Gasteiger partial charge is 0.246 e. The summed E-state index contributed by atoms with van der Waals surface area (Å²) in [6.45, 7) is 5.78. The van der Waals surface area contributed by atoms with Gasteiger partial charge in [0.2, 0.25) is 11.8 Å². The van der Waals surface area contributed by atoms with Gasteiger partial charge in [-0.1, -0.05) is 36.4 Å². The van der Waals surface area contributed by atoms with E-state index < -0.39 is 0 Å². The lowest BCUT2D eigenvalue weighted by Crippen LogP contribution is -2.34. The number of rotatable bonds is 5. The zero-order valence-electron chi connectivity index (χ0n) is 13.0. The molecule has 112 valence electrons. The van der Waals surface area contributed by atoms with Crippen molar-refractivity contribution >= 4 is 17.5 Å². The fourth-order valence-electron chi connectivity index (χ4n) is 1.86. The second kappa shape index (κ2) is 8.04. The van der Waals surface area contributed by atoms with Gasteiger partial charge in [0.05, 0.1) is 6.54 Å². The topological polar surface area (TPSA) is 49.4 Å². The molecule has 0 fully saturated rings. The van der Waals surface area contributed by atoms with Gasteiger partial charge in [0, 0.05) is 18.8 Å². The number of para-hydroxylation sites is 1. The van der Waals surface area contributed by atoms with Gasteiger partial charge in [-0.15, -0.1) is 0 Å². The van der Waals surface area contributed by atoms with E-state index in [0.29, 0.717) is 0 Å². The highest BCUT2D eigenvalue weighted by atomic mass is 16.2. The molecule has 0 aromatic heterocycles. The lowest BCUT2D eigenvalue weighted by Gasteiger charge is -2.16. The third kappa shape index (κ3) is 5.26. The first-order chi connectivity index (χ1) is 9.95. The molecule has 4 nitrogen and oxygen atoms in total. The van der Waals surface area contributed by atoms with Crippen LogP contribution in [0.5, 0.6) is 0 Å². The van der Waals surface area contributed by atoms with Crippen LogP contribution in [-0.4, -0.2) is 30.3 Å². The van der Waals surface area contributed by atoms with Gasteiger partial charge in [-0.25, -0.2) is 0 Å². The predicted molar refractivity (Wildman–Crippen MR) is 86.1 cm³/mol. The Hall–Kier alpha value is -2.36. The van der Waals surface area contributed by atoms with Crippen LogP contribution in [0.25, 0.3) is 0 Å². The van der Waals surface area contributed by atoms with Crippen molar-refractivity contribution in [3.05, 3.63) is 53.6 Å². The Morgan fingerprint density at radius 1 is 1.19 bits per heavy atom. The molecule has 0 heterocycles. The Morgan fingerprint density at radius 3 is 2.38 bits per heavy atom. The molecule has 0 unspecified atom stereocenters. The maximum absolute atomic E-state index is 12.0. The minimum Gasteiger partial charge on any atom is -0.333 e. The van der Waals surface area contributed by atoms with Crippen molar-refractivity contribution in [2.24, 2.45) is 0 Å². The minimum absolute atomic E-state index is 0.0206. The molecule has 1 N–H and O–H groups in total. The lowest BCUT2D eigenvalue weighted by atomic mass is 10.1. The van der Waals surface area contributed by atoms with Gasteiger partial charge in [0.25, 0.3) is 0 Å². The number of anilines is 1. The van der Waals surface area contributed by atoms with Crippen molar-refractivity contribution < 1.29 is 9.59 Å². The molecule has 21 heavy (non-hydrogen) atoms. The average molecular weight is 286 g/mol. The maximum Gasteiger partial charge on any atom is 0.246 e. The number of nitrogens with zero attached hydrogens (tertiary/aromatic N) is 1. The van der Waals surface area contributed by atoms with E-state index in [2.05, 4.69) is 5.32 Å². The first-order valence-corrected chi connectivity index (χ1v) is 6.86. The van der Waals surface area contributed by atoms with Crippen molar-refractivity contribution in [1.82, 2.24) is 4.90 Å². The Morgan fingerprint density at radius 2 is 1.81 bits per heavy atom. The van der Waals surface area contributed by atoms with Crippen molar-refractivity contribution in [2.75, 3.05) is 18.9 Å². The van der Waals surface area contributed by atoms with Gasteiger partial charge in [-0.2, -0.15) is 0 Å². The third-order valence-corrected chi connectivity index (χ3v) is 3.04. The molecule has 4 heteroatoms. The second-order valence-corrected chi connectivity index (χ2v) is 4.89. The van der Waals surface area contributed by atoms with Crippen LogP contribution in [-0.2, 0) is 9.59 Å². The van der Waals surface area contributed by atoms with Crippen LogP contribution in [0.2, 0.25) is 0 Å². The van der Waals surface area contributed by atoms with E-state index in [1.54, 1.807) is 19.2 Å². The van der Waals surface area contributed by atoms with Gasteiger partial charge >= 0.3 is 0 Å². The largest absolute Gasteiger partial charge is 0.333 e. The van der Waals surface area contributed by atoms with Crippen LogP contribution in [0.1, 0.15) is 18.1 Å². The van der Waals surface area contributed by atoms with Gasteiger partial charge in [-0.3, -0.25) is 9.59 Å². The average Bonchev–Trinajstić information content (AvgIpc) is 2.43. The number of amides is 2. The van der Waals surface area contributed by atoms with Crippen molar-refractivity contribution in [2.45, 2.75) is 20.8 Å². The summed E-state index contributed by atoms with van der Waals surface area (Å²) in [5.41, 5.74) is 2.82. The summed E-state index contributed by atoms with van der Waals surface area (Å²) in [6, 6.07) is 5.83. The molecule has 1 aromatic rings. The van der Waals surface area contributed by atoms with Crippen LogP contribution in [0.15, 0.2) is 42.5 Å². The Bertz CT molecular complexity index is 554. The summed E-state index contributed by atoms with van der Waals surface area (Å²) in [5, 5.41) is 2.86. The molecule has 0 aliphatic heterocycles. The van der Waals surface area contributed by atoms with Gasteiger partial charge in [0.1, 0.15) is 0 Å².